The number of ether oxygens (including phenoxy) is 1. The predicted octanol–water partition coefficient (Wildman–Crippen LogP) is 1.01. The van der Waals surface area contributed by atoms with E-state index in [1.54, 1.807) is 7.11 Å². The highest BCUT2D eigenvalue weighted by atomic mass is 16.5. The molecule has 0 bridgehead atoms. The Kier molecular flexibility index (Phi) is 5.77. The monoisotopic (exact) mass is 228 g/mol. The number of carbonyl (C=O) groups is 1. The van der Waals surface area contributed by atoms with Gasteiger partial charge < -0.3 is 15.0 Å². The van der Waals surface area contributed by atoms with Crippen LogP contribution in [0, 0.1) is 0 Å². The molecule has 0 aromatic rings. The van der Waals surface area contributed by atoms with Gasteiger partial charge in [-0.15, -0.1) is 0 Å². The first kappa shape index (κ1) is 13.5. The van der Waals surface area contributed by atoms with Crippen LogP contribution in [0.4, 0.5) is 0 Å². The van der Waals surface area contributed by atoms with E-state index in [0.717, 1.165) is 32.5 Å². The molecule has 1 aliphatic rings. The van der Waals surface area contributed by atoms with Crippen molar-refractivity contribution in [3.8, 4) is 0 Å². The van der Waals surface area contributed by atoms with Crippen molar-refractivity contribution in [1.82, 2.24) is 10.2 Å². The van der Waals surface area contributed by atoms with Gasteiger partial charge in [0.15, 0.2) is 0 Å². The number of nitrogens with zero attached hydrogens (tertiary/aromatic N) is 1. The van der Waals surface area contributed by atoms with Gasteiger partial charge >= 0.3 is 0 Å². The first-order chi connectivity index (χ1) is 7.71. The number of hydrogen-bond acceptors (Lipinski definition) is 3. The van der Waals surface area contributed by atoms with E-state index >= 15 is 0 Å². The van der Waals surface area contributed by atoms with E-state index in [1.807, 2.05) is 18.7 Å². The minimum absolute atomic E-state index is 0.250. The number of carbonyl (C=O) groups excluding carboxylic acids is 1. The van der Waals surface area contributed by atoms with Crippen molar-refractivity contribution in [2.45, 2.75) is 45.3 Å². The quantitative estimate of drug-likeness (QED) is 0.707. The lowest BCUT2D eigenvalue weighted by Crippen LogP contribution is -2.46. The molecule has 1 amide bonds. The SMILES string of the molecule is CCN(CC)C(=O)CCNC1CC(OC)C1. The third-order valence-corrected chi connectivity index (χ3v) is 3.32. The van der Waals surface area contributed by atoms with Crippen LogP contribution in [0.1, 0.15) is 33.1 Å². The summed E-state index contributed by atoms with van der Waals surface area (Å²) in [5, 5.41) is 3.39. The lowest BCUT2D eigenvalue weighted by Gasteiger charge is -2.34. The number of nitrogens with one attached hydrogen (secondary N) is 1. The summed E-state index contributed by atoms with van der Waals surface area (Å²) in [5.74, 6) is 0.250. The molecule has 0 spiro atoms. The second-order valence-electron chi connectivity index (χ2n) is 4.30. The molecule has 94 valence electrons. The van der Waals surface area contributed by atoms with Crippen LogP contribution in [-0.4, -0.2) is 49.7 Å². The molecule has 1 aliphatic carbocycles. The Labute approximate surface area is 98.3 Å². The fourth-order valence-electron chi connectivity index (χ4n) is 2.04. The number of amides is 1. The van der Waals surface area contributed by atoms with E-state index in [4.69, 9.17) is 4.74 Å². The zero-order valence-corrected chi connectivity index (χ0v) is 10.7. The molecular formula is C12H24N2O2. The molecule has 0 aromatic carbocycles. The molecule has 0 aromatic heterocycles. The Bertz CT molecular complexity index is 211. The van der Waals surface area contributed by atoms with E-state index in [9.17, 15) is 4.79 Å². The van der Waals surface area contributed by atoms with E-state index in [-0.39, 0.29) is 5.91 Å². The van der Waals surface area contributed by atoms with Gasteiger partial charge in [0.2, 0.25) is 5.91 Å². The highest BCUT2D eigenvalue weighted by molar-refractivity contribution is 5.76. The molecule has 1 N–H and O–H groups in total. The first-order valence-electron chi connectivity index (χ1n) is 6.25. The second kappa shape index (κ2) is 6.86. The average Bonchev–Trinajstić information content (AvgIpc) is 2.23. The van der Waals surface area contributed by atoms with Crippen LogP contribution in [-0.2, 0) is 9.53 Å². The smallest absolute Gasteiger partial charge is 0.223 e. The van der Waals surface area contributed by atoms with Crippen LogP contribution in [0.3, 0.4) is 0 Å². The minimum Gasteiger partial charge on any atom is -0.381 e. The summed E-state index contributed by atoms with van der Waals surface area (Å²) in [5.41, 5.74) is 0. The number of methoxy groups -OCH3 is 1. The zero-order valence-electron chi connectivity index (χ0n) is 10.7. The molecule has 16 heavy (non-hydrogen) atoms. The molecular weight excluding hydrogens is 204 g/mol. The van der Waals surface area contributed by atoms with Crippen LogP contribution >= 0.6 is 0 Å². The summed E-state index contributed by atoms with van der Waals surface area (Å²) in [4.78, 5) is 13.6. The van der Waals surface area contributed by atoms with Gasteiger partial charge in [0, 0.05) is 39.2 Å². The van der Waals surface area contributed by atoms with Gasteiger partial charge in [0.1, 0.15) is 0 Å². The van der Waals surface area contributed by atoms with E-state index < -0.39 is 0 Å². The van der Waals surface area contributed by atoms with Gasteiger partial charge in [0.25, 0.3) is 0 Å². The van der Waals surface area contributed by atoms with Gasteiger partial charge in [-0.1, -0.05) is 0 Å². The largest absolute Gasteiger partial charge is 0.381 e. The molecule has 0 heterocycles. The van der Waals surface area contributed by atoms with E-state index in [1.165, 1.54) is 0 Å². The van der Waals surface area contributed by atoms with Crippen molar-refractivity contribution in [3.63, 3.8) is 0 Å². The fourth-order valence-corrected chi connectivity index (χ4v) is 2.04. The van der Waals surface area contributed by atoms with Crippen LogP contribution in [0.2, 0.25) is 0 Å². The summed E-state index contributed by atoms with van der Waals surface area (Å²) in [6.45, 7) is 6.44. The van der Waals surface area contributed by atoms with Crippen molar-refractivity contribution in [2.75, 3.05) is 26.7 Å². The third kappa shape index (κ3) is 3.76. The van der Waals surface area contributed by atoms with Crippen molar-refractivity contribution in [3.05, 3.63) is 0 Å². The summed E-state index contributed by atoms with van der Waals surface area (Å²) >= 11 is 0. The van der Waals surface area contributed by atoms with Gasteiger partial charge in [-0.25, -0.2) is 0 Å². The molecule has 1 rings (SSSR count). The Morgan fingerprint density at radius 3 is 2.50 bits per heavy atom. The Morgan fingerprint density at radius 1 is 1.38 bits per heavy atom. The van der Waals surface area contributed by atoms with Crippen LogP contribution in [0.5, 0.6) is 0 Å². The van der Waals surface area contributed by atoms with Crippen LogP contribution < -0.4 is 5.32 Å². The maximum absolute atomic E-state index is 11.7. The Balaban J connectivity index is 2.05. The van der Waals surface area contributed by atoms with Crippen molar-refractivity contribution >= 4 is 5.91 Å². The van der Waals surface area contributed by atoms with E-state index in [0.29, 0.717) is 18.6 Å². The highest BCUT2D eigenvalue weighted by Gasteiger charge is 2.28. The highest BCUT2D eigenvalue weighted by Crippen LogP contribution is 2.22. The normalized spacial score (nSPS) is 23.9. The van der Waals surface area contributed by atoms with Crippen LogP contribution in [0.25, 0.3) is 0 Å². The van der Waals surface area contributed by atoms with Gasteiger partial charge in [-0.2, -0.15) is 0 Å². The molecule has 4 heteroatoms. The number of hydrogen-bond donors (Lipinski definition) is 1. The number of rotatable bonds is 7. The lowest BCUT2D eigenvalue weighted by molar-refractivity contribution is -0.130. The molecule has 0 saturated heterocycles. The van der Waals surface area contributed by atoms with Crippen molar-refractivity contribution in [1.29, 1.82) is 0 Å². The maximum atomic E-state index is 11.7. The minimum atomic E-state index is 0.250. The molecule has 1 fully saturated rings. The molecule has 4 nitrogen and oxygen atoms in total. The molecule has 0 radical (unpaired) electrons. The summed E-state index contributed by atoms with van der Waals surface area (Å²) in [6.07, 6.45) is 3.19. The summed E-state index contributed by atoms with van der Waals surface area (Å²) < 4.78 is 5.20. The Morgan fingerprint density at radius 2 is 2.00 bits per heavy atom. The first-order valence-corrected chi connectivity index (χ1v) is 6.25. The fraction of sp³-hybridized carbons (Fsp3) is 0.917. The predicted molar refractivity (Wildman–Crippen MR) is 64.4 cm³/mol. The van der Waals surface area contributed by atoms with Crippen molar-refractivity contribution < 1.29 is 9.53 Å². The molecule has 0 aliphatic heterocycles. The average molecular weight is 228 g/mol. The van der Waals surface area contributed by atoms with Gasteiger partial charge in [-0.05, 0) is 26.7 Å². The zero-order chi connectivity index (χ0) is 12.0. The third-order valence-electron chi connectivity index (χ3n) is 3.32. The maximum Gasteiger partial charge on any atom is 0.223 e. The van der Waals surface area contributed by atoms with Crippen molar-refractivity contribution in [2.24, 2.45) is 0 Å². The topological polar surface area (TPSA) is 41.6 Å². The molecule has 0 unspecified atom stereocenters. The molecule has 1 saturated carbocycles. The van der Waals surface area contributed by atoms with Gasteiger partial charge in [-0.3, -0.25) is 4.79 Å². The molecule has 0 atom stereocenters. The summed E-state index contributed by atoms with van der Waals surface area (Å²) in [7, 11) is 1.75. The Hall–Kier alpha value is -0.610. The summed E-state index contributed by atoms with van der Waals surface area (Å²) in [6, 6.07) is 0.550. The second-order valence-corrected chi connectivity index (χ2v) is 4.30. The lowest BCUT2D eigenvalue weighted by atomic mass is 9.89. The van der Waals surface area contributed by atoms with Crippen LogP contribution in [0.15, 0.2) is 0 Å². The van der Waals surface area contributed by atoms with Gasteiger partial charge in [0.05, 0.1) is 6.10 Å². The standard InChI is InChI=1S/C12H24N2O2/c1-4-14(5-2)12(15)6-7-13-10-8-11(9-10)16-3/h10-11,13H,4-9H2,1-3H3. The van der Waals surface area contributed by atoms with E-state index in [2.05, 4.69) is 5.32 Å².